The molecule has 1 fully saturated rings. The number of hydrogen-bond acceptors (Lipinski definition) is 4. The van der Waals surface area contributed by atoms with Crippen LogP contribution in [0.15, 0.2) is 42.5 Å². The highest BCUT2D eigenvalue weighted by molar-refractivity contribution is 6.33. The van der Waals surface area contributed by atoms with Gasteiger partial charge in [0, 0.05) is 37.4 Å². The number of imidazole rings is 1. The van der Waals surface area contributed by atoms with Crippen LogP contribution in [0.1, 0.15) is 6.42 Å². The molecule has 1 aliphatic heterocycles. The molecule has 4 rings (SSSR count). The summed E-state index contributed by atoms with van der Waals surface area (Å²) in [5.41, 5.74) is 9.67. The Hall–Kier alpha value is -2.08. The summed E-state index contributed by atoms with van der Waals surface area (Å²) in [7, 11) is 0. The van der Waals surface area contributed by atoms with E-state index in [2.05, 4.69) is 15.5 Å². The van der Waals surface area contributed by atoms with Crippen LogP contribution in [-0.4, -0.2) is 47.3 Å². The van der Waals surface area contributed by atoms with Crippen LogP contribution in [0.5, 0.6) is 0 Å². The summed E-state index contributed by atoms with van der Waals surface area (Å²) < 4.78 is 7.69. The fourth-order valence-electron chi connectivity index (χ4n) is 3.50. The van der Waals surface area contributed by atoms with E-state index in [4.69, 9.17) is 27.1 Å². The number of rotatable bonds is 5. The molecule has 1 saturated heterocycles. The number of anilines is 1. The molecule has 0 saturated carbocycles. The van der Waals surface area contributed by atoms with E-state index in [1.807, 2.05) is 36.4 Å². The van der Waals surface area contributed by atoms with Crippen LogP contribution >= 0.6 is 11.6 Å². The molecule has 26 heavy (non-hydrogen) atoms. The maximum absolute atomic E-state index is 6.46. The highest BCUT2D eigenvalue weighted by Gasteiger charge is 2.16. The van der Waals surface area contributed by atoms with Gasteiger partial charge in [-0.2, -0.15) is 0 Å². The van der Waals surface area contributed by atoms with E-state index >= 15 is 0 Å². The van der Waals surface area contributed by atoms with Gasteiger partial charge >= 0.3 is 0 Å². The standard InChI is InChI=1S/C20H23ClN4O/c21-17-7-6-15(22)14-16(17)20-23-18-4-1-2-5-19(18)25(20)9-3-8-24-10-12-26-13-11-24/h1-2,4-7,14H,3,8-13,22H2. The number of aryl methyl sites for hydroxylation is 1. The third-order valence-corrected chi connectivity index (χ3v) is 5.18. The molecular formula is C20H23ClN4O. The average molecular weight is 371 g/mol. The number of benzene rings is 2. The normalized spacial score (nSPS) is 15.6. The lowest BCUT2D eigenvalue weighted by molar-refractivity contribution is 0.0370. The second-order valence-electron chi connectivity index (χ2n) is 6.62. The first-order valence-corrected chi connectivity index (χ1v) is 9.41. The SMILES string of the molecule is Nc1ccc(Cl)c(-c2nc3ccccc3n2CCCN2CCOCC2)c1. The molecule has 1 aliphatic rings. The van der Waals surface area contributed by atoms with Gasteiger partial charge in [-0.25, -0.2) is 4.98 Å². The quantitative estimate of drug-likeness (QED) is 0.696. The first-order valence-electron chi connectivity index (χ1n) is 9.03. The summed E-state index contributed by atoms with van der Waals surface area (Å²) in [6.07, 6.45) is 1.05. The first-order chi connectivity index (χ1) is 12.7. The van der Waals surface area contributed by atoms with E-state index in [1.165, 1.54) is 0 Å². The highest BCUT2D eigenvalue weighted by Crippen LogP contribution is 2.32. The highest BCUT2D eigenvalue weighted by atomic mass is 35.5. The maximum atomic E-state index is 6.46. The molecular weight excluding hydrogens is 348 g/mol. The predicted octanol–water partition coefficient (Wildman–Crippen LogP) is 3.66. The summed E-state index contributed by atoms with van der Waals surface area (Å²) in [5.74, 6) is 0.880. The minimum absolute atomic E-state index is 0.670. The number of aromatic nitrogens is 2. The van der Waals surface area contributed by atoms with Crippen molar-refractivity contribution in [3.63, 3.8) is 0 Å². The van der Waals surface area contributed by atoms with Crippen molar-refractivity contribution < 1.29 is 4.74 Å². The Morgan fingerprint density at radius 1 is 1.08 bits per heavy atom. The largest absolute Gasteiger partial charge is 0.399 e. The van der Waals surface area contributed by atoms with Crippen molar-refractivity contribution >= 4 is 28.3 Å². The van der Waals surface area contributed by atoms with Gasteiger partial charge in [0.15, 0.2) is 0 Å². The predicted molar refractivity (Wildman–Crippen MR) is 106 cm³/mol. The van der Waals surface area contributed by atoms with Crippen LogP contribution in [-0.2, 0) is 11.3 Å². The summed E-state index contributed by atoms with van der Waals surface area (Å²) in [6, 6.07) is 13.8. The lowest BCUT2D eigenvalue weighted by Crippen LogP contribution is -2.37. The summed E-state index contributed by atoms with van der Waals surface area (Å²) in [4.78, 5) is 7.29. The van der Waals surface area contributed by atoms with Gasteiger partial charge in [0.05, 0.1) is 29.3 Å². The Bertz CT molecular complexity index is 902. The van der Waals surface area contributed by atoms with Gasteiger partial charge in [0.25, 0.3) is 0 Å². The molecule has 0 atom stereocenters. The third kappa shape index (κ3) is 3.56. The average Bonchev–Trinajstić information content (AvgIpc) is 3.03. The molecule has 3 aromatic rings. The van der Waals surface area contributed by atoms with Gasteiger partial charge in [-0.05, 0) is 36.8 Å². The molecule has 0 radical (unpaired) electrons. The summed E-state index contributed by atoms with van der Waals surface area (Å²) in [5, 5.41) is 0.670. The minimum Gasteiger partial charge on any atom is -0.399 e. The van der Waals surface area contributed by atoms with Crippen molar-refractivity contribution in [3.05, 3.63) is 47.5 Å². The molecule has 0 amide bonds. The second-order valence-corrected chi connectivity index (χ2v) is 7.03. The molecule has 2 aromatic carbocycles. The van der Waals surface area contributed by atoms with Crippen LogP contribution in [0.3, 0.4) is 0 Å². The van der Waals surface area contributed by atoms with Crippen molar-refractivity contribution in [2.45, 2.75) is 13.0 Å². The molecule has 0 unspecified atom stereocenters. The number of nitrogen functional groups attached to an aromatic ring is 1. The van der Waals surface area contributed by atoms with Gasteiger partial charge in [0.2, 0.25) is 0 Å². The summed E-state index contributed by atoms with van der Waals surface area (Å²) in [6.45, 7) is 5.63. The number of hydrogen-bond donors (Lipinski definition) is 1. The van der Waals surface area contributed by atoms with Gasteiger partial charge in [-0.3, -0.25) is 4.90 Å². The maximum Gasteiger partial charge on any atom is 0.142 e. The molecule has 5 nitrogen and oxygen atoms in total. The van der Waals surface area contributed by atoms with Crippen LogP contribution in [0.4, 0.5) is 5.69 Å². The van der Waals surface area contributed by atoms with Gasteiger partial charge in [0.1, 0.15) is 5.82 Å². The molecule has 1 aromatic heterocycles. The fraction of sp³-hybridized carbons (Fsp3) is 0.350. The molecule has 0 aliphatic carbocycles. The van der Waals surface area contributed by atoms with Gasteiger partial charge in [-0.1, -0.05) is 23.7 Å². The van der Waals surface area contributed by atoms with Crippen LogP contribution < -0.4 is 5.73 Å². The van der Waals surface area contributed by atoms with E-state index in [-0.39, 0.29) is 0 Å². The lowest BCUT2D eigenvalue weighted by atomic mass is 10.2. The van der Waals surface area contributed by atoms with Crippen molar-refractivity contribution in [2.75, 3.05) is 38.6 Å². The van der Waals surface area contributed by atoms with E-state index in [9.17, 15) is 0 Å². The Morgan fingerprint density at radius 2 is 1.88 bits per heavy atom. The zero-order chi connectivity index (χ0) is 17.9. The number of morpholine rings is 1. The number of halogens is 1. The number of fused-ring (bicyclic) bond motifs is 1. The fourth-order valence-corrected chi connectivity index (χ4v) is 3.70. The minimum atomic E-state index is 0.670. The lowest BCUT2D eigenvalue weighted by Gasteiger charge is -2.26. The molecule has 2 heterocycles. The molecule has 0 bridgehead atoms. The smallest absolute Gasteiger partial charge is 0.142 e. The Morgan fingerprint density at radius 3 is 2.73 bits per heavy atom. The van der Waals surface area contributed by atoms with Gasteiger partial charge < -0.3 is 15.0 Å². The van der Waals surface area contributed by atoms with Gasteiger partial charge in [-0.15, -0.1) is 0 Å². The van der Waals surface area contributed by atoms with E-state index in [0.29, 0.717) is 10.7 Å². The third-order valence-electron chi connectivity index (χ3n) is 4.85. The van der Waals surface area contributed by atoms with Crippen LogP contribution in [0, 0.1) is 0 Å². The zero-order valence-corrected chi connectivity index (χ0v) is 15.5. The van der Waals surface area contributed by atoms with Crippen molar-refractivity contribution in [1.82, 2.24) is 14.5 Å². The number of ether oxygens (including phenoxy) is 1. The van der Waals surface area contributed by atoms with E-state index in [0.717, 1.165) is 68.2 Å². The molecule has 6 heteroatoms. The number of nitrogens with zero attached hydrogens (tertiary/aromatic N) is 3. The monoisotopic (exact) mass is 370 g/mol. The van der Waals surface area contributed by atoms with Crippen LogP contribution in [0.25, 0.3) is 22.4 Å². The van der Waals surface area contributed by atoms with Crippen molar-refractivity contribution in [2.24, 2.45) is 0 Å². The van der Waals surface area contributed by atoms with Crippen molar-refractivity contribution in [3.8, 4) is 11.4 Å². The molecule has 0 spiro atoms. The summed E-state index contributed by atoms with van der Waals surface area (Å²) >= 11 is 6.46. The molecule has 136 valence electrons. The second kappa shape index (κ2) is 7.66. The zero-order valence-electron chi connectivity index (χ0n) is 14.7. The topological polar surface area (TPSA) is 56.3 Å². The Kier molecular flexibility index (Phi) is 5.11. The molecule has 2 N–H and O–H groups in total. The van der Waals surface area contributed by atoms with Crippen LogP contribution in [0.2, 0.25) is 5.02 Å². The van der Waals surface area contributed by atoms with E-state index in [1.54, 1.807) is 0 Å². The Balaban J connectivity index is 1.64. The van der Waals surface area contributed by atoms with Crippen molar-refractivity contribution in [1.29, 1.82) is 0 Å². The first kappa shape index (κ1) is 17.3. The number of nitrogens with two attached hydrogens (primary N) is 1. The van der Waals surface area contributed by atoms with E-state index < -0.39 is 0 Å². The Labute approximate surface area is 158 Å². The number of para-hydroxylation sites is 2.